The Kier molecular flexibility index (Phi) is 5.95. The molecule has 5 rings (SSSR count). The summed E-state index contributed by atoms with van der Waals surface area (Å²) in [7, 11) is 0. The molecule has 0 spiro atoms. The van der Waals surface area contributed by atoms with Gasteiger partial charge in [-0.15, -0.1) is 24.8 Å². The topological polar surface area (TPSA) is 41.6 Å². The quantitative estimate of drug-likeness (QED) is 0.839. The summed E-state index contributed by atoms with van der Waals surface area (Å²) in [5.74, 6) is 0.533. The fourth-order valence-electron chi connectivity index (χ4n) is 3.89. The van der Waals surface area contributed by atoms with Crippen LogP contribution in [-0.4, -0.2) is 49.7 Å². The van der Waals surface area contributed by atoms with E-state index in [1.807, 2.05) is 30.3 Å². The Hall–Kier alpha value is -0.810. The van der Waals surface area contributed by atoms with E-state index < -0.39 is 5.41 Å². The third-order valence-electron chi connectivity index (χ3n) is 5.43. The zero-order valence-electron chi connectivity index (χ0n) is 13.1. The summed E-state index contributed by atoms with van der Waals surface area (Å²) >= 11 is 0. The van der Waals surface area contributed by atoms with Gasteiger partial charge < -0.3 is 10.1 Å². The largest absolute Gasteiger partial charge is 0.460 e. The number of fused-ring (bicyclic) bond motifs is 3. The predicted molar refractivity (Wildman–Crippen MR) is 94.5 cm³/mol. The smallest absolute Gasteiger partial charge is 0.319 e. The number of benzene rings is 1. The summed E-state index contributed by atoms with van der Waals surface area (Å²) < 4.78 is 5.97. The van der Waals surface area contributed by atoms with Gasteiger partial charge in [-0.05, 0) is 37.4 Å². The van der Waals surface area contributed by atoms with Crippen molar-refractivity contribution in [1.82, 2.24) is 10.2 Å². The lowest BCUT2D eigenvalue weighted by molar-refractivity contribution is -0.168. The van der Waals surface area contributed by atoms with Crippen molar-refractivity contribution in [2.45, 2.75) is 24.4 Å². The highest BCUT2D eigenvalue weighted by atomic mass is 35.5. The Balaban J connectivity index is 0.000000960. The lowest BCUT2D eigenvalue weighted by Crippen LogP contribution is -2.63. The number of esters is 1. The second-order valence-electron chi connectivity index (χ2n) is 6.63. The first kappa shape index (κ1) is 18.5. The number of carbonyl (C=O) groups excluding carboxylic acids is 1. The van der Waals surface area contributed by atoms with Crippen molar-refractivity contribution < 1.29 is 9.53 Å². The molecule has 1 aromatic rings. The molecule has 1 aromatic carbocycles. The molecule has 4 aliphatic heterocycles. The van der Waals surface area contributed by atoms with Gasteiger partial charge in [0.2, 0.25) is 0 Å². The summed E-state index contributed by atoms with van der Waals surface area (Å²) in [6, 6.07) is 10.1. The molecule has 0 aliphatic carbocycles. The van der Waals surface area contributed by atoms with Crippen LogP contribution in [0.5, 0.6) is 0 Å². The van der Waals surface area contributed by atoms with Gasteiger partial charge in [0.25, 0.3) is 0 Å². The molecular weight excluding hydrogens is 335 g/mol. The molecule has 1 N–H and O–H groups in total. The monoisotopic (exact) mass is 358 g/mol. The van der Waals surface area contributed by atoms with Crippen molar-refractivity contribution in [3.05, 3.63) is 35.9 Å². The molecule has 0 amide bonds. The Labute approximate surface area is 149 Å². The summed E-state index contributed by atoms with van der Waals surface area (Å²) in [4.78, 5) is 15.2. The molecule has 4 nitrogen and oxygen atoms in total. The molecule has 0 radical (unpaired) electrons. The first-order valence-electron chi connectivity index (χ1n) is 7.98. The molecule has 128 valence electrons. The van der Waals surface area contributed by atoms with Crippen LogP contribution in [0.4, 0.5) is 0 Å². The maximum Gasteiger partial charge on any atom is 0.319 e. The molecule has 4 aliphatic rings. The van der Waals surface area contributed by atoms with Crippen molar-refractivity contribution in [1.29, 1.82) is 0 Å². The van der Waals surface area contributed by atoms with Gasteiger partial charge in [0, 0.05) is 19.6 Å². The summed E-state index contributed by atoms with van der Waals surface area (Å²) in [6.45, 7) is 4.65. The van der Waals surface area contributed by atoms with Crippen LogP contribution in [-0.2, 0) is 14.9 Å². The van der Waals surface area contributed by atoms with Crippen LogP contribution in [0, 0.1) is 5.92 Å². The maximum absolute atomic E-state index is 12.8. The van der Waals surface area contributed by atoms with Crippen molar-refractivity contribution in [2.75, 3.05) is 32.7 Å². The molecule has 2 bridgehead atoms. The lowest BCUT2D eigenvalue weighted by Gasteiger charge is -2.46. The standard InChI is InChI=1S/C17H22N2O2.2ClH/c20-16(21-15-10-19-8-6-13(15)7-9-19)17(11-18-12-17)14-4-2-1-3-5-14;;/h1-5,13,15,18H,6-12H2;2*1H/t15-;;/m0../s1. The highest BCUT2D eigenvalue weighted by Crippen LogP contribution is 2.34. The van der Waals surface area contributed by atoms with Gasteiger partial charge in [-0.25, -0.2) is 0 Å². The normalized spacial score (nSPS) is 30.3. The van der Waals surface area contributed by atoms with Gasteiger partial charge in [-0.2, -0.15) is 0 Å². The number of piperidine rings is 3. The van der Waals surface area contributed by atoms with E-state index in [1.54, 1.807) is 0 Å². The van der Waals surface area contributed by atoms with E-state index in [4.69, 9.17) is 4.74 Å². The second-order valence-corrected chi connectivity index (χ2v) is 6.63. The van der Waals surface area contributed by atoms with Crippen molar-refractivity contribution in [3.63, 3.8) is 0 Å². The van der Waals surface area contributed by atoms with Crippen LogP contribution in [0.25, 0.3) is 0 Å². The minimum Gasteiger partial charge on any atom is -0.460 e. The van der Waals surface area contributed by atoms with Gasteiger partial charge in [0.05, 0.1) is 0 Å². The van der Waals surface area contributed by atoms with Crippen LogP contribution >= 0.6 is 24.8 Å². The first-order valence-corrected chi connectivity index (χ1v) is 7.98. The van der Waals surface area contributed by atoms with Crippen LogP contribution in [0.1, 0.15) is 18.4 Å². The molecule has 0 aromatic heterocycles. The molecule has 4 heterocycles. The lowest BCUT2D eigenvalue weighted by atomic mass is 9.75. The molecular formula is C17H24Cl2N2O2. The van der Waals surface area contributed by atoms with Crippen LogP contribution in [0.3, 0.4) is 0 Å². The Bertz CT molecular complexity index is 529. The van der Waals surface area contributed by atoms with Crippen molar-refractivity contribution in [2.24, 2.45) is 5.92 Å². The fourth-order valence-corrected chi connectivity index (χ4v) is 3.89. The second kappa shape index (κ2) is 7.39. The number of carbonyl (C=O) groups is 1. The number of hydrogen-bond acceptors (Lipinski definition) is 4. The van der Waals surface area contributed by atoms with Gasteiger partial charge in [-0.1, -0.05) is 30.3 Å². The van der Waals surface area contributed by atoms with E-state index in [-0.39, 0.29) is 36.9 Å². The maximum atomic E-state index is 12.8. The van der Waals surface area contributed by atoms with Crippen LogP contribution in [0.15, 0.2) is 30.3 Å². The number of nitrogens with one attached hydrogen (secondary N) is 1. The van der Waals surface area contributed by atoms with Crippen LogP contribution in [0.2, 0.25) is 0 Å². The summed E-state index contributed by atoms with van der Waals surface area (Å²) in [5.41, 5.74) is 0.614. The fraction of sp³-hybridized carbons (Fsp3) is 0.588. The van der Waals surface area contributed by atoms with E-state index in [0.717, 1.165) is 12.1 Å². The van der Waals surface area contributed by atoms with Gasteiger partial charge in [0.1, 0.15) is 11.5 Å². The number of hydrogen-bond donors (Lipinski definition) is 1. The minimum absolute atomic E-state index is 0. The highest BCUT2D eigenvalue weighted by Gasteiger charge is 2.49. The SMILES string of the molecule is Cl.Cl.O=C(O[C@H]1CN2CCC1CC2)C1(c2ccccc2)CNC1. The third-order valence-corrected chi connectivity index (χ3v) is 5.43. The van der Waals surface area contributed by atoms with Crippen molar-refractivity contribution in [3.8, 4) is 0 Å². The summed E-state index contributed by atoms with van der Waals surface area (Å²) in [6.07, 6.45) is 2.45. The van der Waals surface area contributed by atoms with E-state index in [0.29, 0.717) is 19.0 Å². The number of rotatable bonds is 3. The number of ether oxygens (including phenoxy) is 1. The molecule has 23 heavy (non-hydrogen) atoms. The molecule has 4 saturated heterocycles. The van der Waals surface area contributed by atoms with Gasteiger partial charge in [0.15, 0.2) is 0 Å². The Morgan fingerprint density at radius 3 is 2.26 bits per heavy atom. The molecule has 0 unspecified atom stereocenters. The number of halogens is 2. The molecule has 1 atom stereocenters. The highest BCUT2D eigenvalue weighted by molar-refractivity contribution is 5.86. The Morgan fingerprint density at radius 2 is 1.78 bits per heavy atom. The van der Waals surface area contributed by atoms with E-state index >= 15 is 0 Å². The zero-order valence-corrected chi connectivity index (χ0v) is 14.7. The van der Waals surface area contributed by atoms with Crippen LogP contribution < -0.4 is 5.32 Å². The van der Waals surface area contributed by atoms with Crippen molar-refractivity contribution >= 4 is 30.8 Å². The first-order chi connectivity index (χ1) is 10.3. The average Bonchev–Trinajstić information content (AvgIpc) is 2.48. The summed E-state index contributed by atoms with van der Waals surface area (Å²) in [5, 5.41) is 3.24. The van der Waals surface area contributed by atoms with E-state index in [9.17, 15) is 4.79 Å². The van der Waals surface area contributed by atoms with Gasteiger partial charge in [-0.3, -0.25) is 9.69 Å². The average molecular weight is 359 g/mol. The minimum atomic E-state index is -0.465. The zero-order chi connectivity index (χ0) is 14.3. The predicted octanol–water partition coefficient (Wildman–Crippen LogP) is 2.01. The molecule has 6 heteroatoms. The van der Waals surface area contributed by atoms with E-state index in [2.05, 4.69) is 10.2 Å². The third kappa shape index (κ3) is 3.22. The molecule has 0 saturated carbocycles. The number of nitrogens with zero attached hydrogens (tertiary/aromatic N) is 1. The Morgan fingerprint density at radius 1 is 1.13 bits per heavy atom. The molecule has 4 fully saturated rings. The van der Waals surface area contributed by atoms with E-state index in [1.165, 1.54) is 25.9 Å². The van der Waals surface area contributed by atoms with Gasteiger partial charge >= 0.3 is 5.97 Å².